The van der Waals surface area contributed by atoms with Gasteiger partial charge in [0.05, 0.1) is 0 Å². The molecule has 1 aliphatic heterocycles. The van der Waals surface area contributed by atoms with Crippen LogP contribution in [0.5, 0.6) is 0 Å². The van der Waals surface area contributed by atoms with Gasteiger partial charge in [-0.25, -0.2) is 0 Å². The van der Waals surface area contributed by atoms with E-state index >= 15 is 0 Å². The lowest BCUT2D eigenvalue weighted by molar-refractivity contribution is -0.148. The van der Waals surface area contributed by atoms with Crippen LogP contribution in [0.1, 0.15) is 12.5 Å². The lowest BCUT2D eigenvalue weighted by atomic mass is 10.2. The summed E-state index contributed by atoms with van der Waals surface area (Å²) in [4.78, 5) is 42.1. The maximum atomic E-state index is 12.0. The van der Waals surface area contributed by atoms with E-state index in [1.807, 2.05) is 0 Å². The van der Waals surface area contributed by atoms with Crippen LogP contribution in [-0.2, 0) is 20.9 Å². The fraction of sp³-hybridized carbons (Fsp3) is 0.429. The summed E-state index contributed by atoms with van der Waals surface area (Å²) in [5.41, 5.74) is 0.882. The van der Waals surface area contributed by atoms with Gasteiger partial charge in [0.2, 0.25) is 5.91 Å². The fourth-order valence-corrected chi connectivity index (χ4v) is 2.13. The van der Waals surface area contributed by atoms with Crippen molar-refractivity contribution in [3.8, 4) is 0 Å². The van der Waals surface area contributed by atoms with E-state index in [2.05, 4.69) is 10.3 Å². The second-order valence-electron chi connectivity index (χ2n) is 4.84. The molecule has 2 heterocycles. The van der Waals surface area contributed by atoms with Gasteiger partial charge in [-0.05, 0) is 17.7 Å². The molecule has 0 aliphatic carbocycles. The molecule has 1 fully saturated rings. The third kappa shape index (κ3) is 4.01. The summed E-state index contributed by atoms with van der Waals surface area (Å²) in [6.45, 7) is 3.51. The minimum atomic E-state index is -0.622. The van der Waals surface area contributed by atoms with Crippen LogP contribution in [-0.4, -0.2) is 58.7 Å². The molecule has 3 amide bonds. The van der Waals surface area contributed by atoms with Gasteiger partial charge in [0.25, 0.3) is 0 Å². The van der Waals surface area contributed by atoms with Gasteiger partial charge in [0.1, 0.15) is 0 Å². The van der Waals surface area contributed by atoms with E-state index in [0.29, 0.717) is 32.7 Å². The zero-order valence-corrected chi connectivity index (χ0v) is 11.9. The van der Waals surface area contributed by atoms with Gasteiger partial charge in [0.15, 0.2) is 0 Å². The van der Waals surface area contributed by atoms with Crippen molar-refractivity contribution in [2.24, 2.45) is 0 Å². The fourth-order valence-electron chi connectivity index (χ4n) is 2.13. The topological polar surface area (TPSA) is 82.6 Å². The van der Waals surface area contributed by atoms with Gasteiger partial charge in [-0.3, -0.25) is 19.4 Å². The summed E-state index contributed by atoms with van der Waals surface area (Å²) in [5.74, 6) is -1.18. The number of hydrogen-bond acceptors (Lipinski definition) is 4. The zero-order chi connectivity index (χ0) is 15.2. The molecule has 1 aromatic heterocycles. The first kappa shape index (κ1) is 15.0. The molecule has 0 unspecified atom stereocenters. The number of carbonyl (C=O) groups excluding carboxylic acids is 3. The highest BCUT2D eigenvalue weighted by molar-refractivity contribution is 6.35. The number of amides is 3. The SMILES string of the molecule is CC(=O)N1CCN(C(=O)C(=O)NCc2ccncc2)CC1. The molecule has 0 aromatic carbocycles. The Morgan fingerprint density at radius 3 is 2.24 bits per heavy atom. The van der Waals surface area contributed by atoms with E-state index in [-0.39, 0.29) is 5.91 Å². The van der Waals surface area contributed by atoms with Crippen molar-refractivity contribution in [1.29, 1.82) is 0 Å². The first-order chi connectivity index (χ1) is 10.1. The molecule has 1 aromatic rings. The molecule has 112 valence electrons. The van der Waals surface area contributed by atoms with E-state index in [4.69, 9.17) is 0 Å². The summed E-state index contributed by atoms with van der Waals surface area (Å²) in [7, 11) is 0. The van der Waals surface area contributed by atoms with Crippen LogP contribution >= 0.6 is 0 Å². The third-order valence-corrected chi connectivity index (χ3v) is 3.41. The van der Waals surface area contributed by atoms with E-state index < -0.39 is 11.8 Å². The third-order valence-electron chi connectivity index (χ3n) is 3.41. The molecule has 1 N–H and O–H groups in total. The summed E-state index contributed by atoms with van der Waals surface area (Å²) < 4.78 is 0. The molecular formula is C14H18N4O3. The minimum absolute atomic E-state index is 0.00997. The predicted molar refractivity (Wildman–Crippen MR) is 74.9 cm³/mol. The molecule has 1 aliphatic rings. The number of carbonyl (C=O) groups is 3. The summed E-state index contributed by atoms with van der Waals surface area (Å²) in [6, 6.07) is 3.55. The first-order valence-electron chi connectivity index (χ1n) is 6.79. The quantitative estimate of drug-likeness (QED) is 0.737. The minimum Gasteiger partial charge on any atom is -0.344 e. The number of pyridine rings is 1. The Morgan fingerprint density at radius 1 is 1.10 bits per heavy atom. The smallest absolute Gasteiger partial charge is 0.312 e. The van der Waals surface area contributed by atoms with E-state index in [0.717, 1.165) is 5.56 Å². The van der Waals surface area contributed by atoms with Gasteiger partial charge in [-0.2, -0.15) is 0 Å². The maximum absolute atomic E-state index is 12.0. The molecule has 0 saturated carbocycles. The number of rotatable bonds is 2. The number of piperazine rings is 1. The second kappa shape index (κ2) is 6.83. The Morgan fingerprint density at radius 2 is 1.67 bits per heavy atom. The van der Waals surface area contributed by atoms with Crippen LogP contribution in [0.2, 0.25) is 0 Å². The average molecular weight is 290 g/mol. The van der Waals surface area contributed by atoms with Crippen molar-refractivity contribution < 1.29 is 14.4 Å². The molecule has 7 heteroatoms. The van der Waals surface area contributed by atoms with Crippen molar-refractivity contribution in [1.82, 2.24) is 20.1 Å². The van der Waals surface area contributed by atoms with Gasteiger partial charge < -0.3 is 15.1 Å². The Bertz CT molecular complexity index is 524. The molecule has 21 heavy (non-hydrogen) atoms. The van der Waals surface area contributed by atoms with Gasteiger partial charge in [0, 0.05) is 52.0 Å². The Labute approximate surface area is 122 Å². The second-order valence-corrected chi connectivity index (χ2v) is 4.84. The predicted octanol–water partition coefficient (Wildman–Crippen LogP) is -0.611. The summed E-state index contributed by atoms with van der Waals surface area (Å²) in [5, 5.41) is 2.59. The Balaban J connectivity index is 1.80. The number of nitrogens with zero attached hydrogens (tertiary/aromatic N) is 3. The molecule has 0 bridgehead atoms. The zero-order valence-electron chi connectivity index (χ0n) is 11.9. The summed E-state index contributed by atoms with van der Waals surface area (Å²) in [6.07, 6.45) is 3.26. The first-order valence-corrected chi connectivity index (χ1v) is 6.79. The molecule has 0 atom stereocenters. The van der Waals surface area contributed by atoms with Gasteiger partial charge in [-0.1, -0.05) is 0 Å². The van der Waals surface area contributed by atoms with Crippen LogP contribution in [0.25, 0.3) is 0 Å². The lowest BCUT2D eigenvalue weighted by Crippen LogP contribution is -2.53. The van der Waals surface area contributed by atoms with Crippen molar-refractivity contribution in [2.45, 2.75) is 13.5 Å². The molecule has 7 nitrogen and oxygen atoms in total. The number of aromatic nitrogens is 1. The van der Waals surface area contributed by atoms with Crippen molar-refractivity contribution >= 4 is 17.7 Å². The molecule has 0 spiro atoms. The number of nitrogens with one attached hydrogen (secondary N) is 1. The standard InChI is InChI=1S/C14H18N4O3/c1-11(19)17-6-8-18(9-7-17)14(21)13(20)16-10-12-2-4-15-5-3-12/h2-5H,6-10H2,1H3,(H,16,20). The normalized spacial score (nSPS) is 14.7. The van der Waals surface area contributed by atoms with E-state index in [1.54, 1.807) is 29.4 Å². The Hall–Kier alpha value is -2.44. The molecule has 1 saturated heterocycles. The van der Waals surface area contributed by atoms with Crippen LogP contribution in [0.4, 0.5) is 0 Å². The molecule has 2 rings (SSSR count). The van der Waals surface area contributed by atoms with Gasteiger partial charge in [-0.15, -0.1) is 0 Å². The van der Waals surface area contributed by atoms with Gasteiger partial charge >= 0.3 is 11.8 Å². The molecular weight excluding hydrogens is 272 g/mol. The Kier molecular flexibility index (Phi) is 4.86. The van der Waals surface area contributed by atoms with Crippen LogP contribution < -0.4 is 5.32 Å². The van der Waals surface area contributed by atoms with E-state index in [1.165, 1.54) is 11.8 Å². The van der Waals surface area contributed by atoms with Crippen molar-refractivity contribution in [2.75, 3.05) is 26.2 Å². The lowest BCUT2D eigenvalue weighted by Gasteiger charge is -2.33. The van der Waals surface area contributed by atoms with Crippen LogP contribution in [0.3, 0.4) is 0 Å². The monoisotopic (exact) mass is 290 g/mol. The highest BCUT2D eigenvalue weighted by Crippen LogP contribution is 2.03. The van der Waals surface area contributed by atoms with Crippen LogP contribution in [0.15, 0.2) is 24.5 Å². The van der Waals surface area contributed by atoms with E-state index in [9.17, 15) is 14.4 Å². The molecule has 0 radical (unpaired) electrons. The summed E-state index contributed by atoms with van der Waals surface area (Å²) >= 11 is 0. The largest absolute Gasteiger partial charge is 0.344 e. The average Bonchev–Trinajstić information content (AvgIpc) is 2.53. The van der Waals surface area contributed by atoms with Crippen LogP contribution in [0, 0.1) is 0 Å². The van der Waals surface area contributed by atoms with Crippen molar-refractivity contribution in [3.05, 3.63) is 30.1 Å². The van der Waals surface area contributed by atoms with Crippen molar-refractivity contribution in [3.63, 3.8) is 0 Å². The number of hydrogen-bond donors (Lipinski definition) is 1. The highest BCUT2D eigenvalue weighted by Gasteiger charge is 2.26. The highest BCUT2D eigenvalue weighted by atomic mass is 16.2. The maximum Gasteiger partial charge on any atom is 0.312 e.